The maximum Gasteiger partial charge on any atom is 0.264 e. The molecule has 3 aromatic carbocycles. The fourth-order valence-electron chi connectivity index (χ4n) is 4.01. The first kappa shape index (κ1) is 33.5. The van der Waals surface area contributed by atoms with Crippen LogP contribution in [0, 0.1) is 5.92 Å². The molecule has 0 radical (unpaired) electrons. The number of nitrogens with zero attached hydrogens (tertiary/aromatic N) is 2. The van der Waals surface area contributed by atoms with Crippen LogP contribution in [0.25, 0.3) is 0 Å². The Hall–Kier alpha value is -2.98. The number of carbonyl (C=O) groups is 2. The van der Waals surface area contributed by atoms with Crippen molar-refractivity contribution in [2.75, 3.05) is 24.0 Å². The minimum Gasteiger partial charge on any atom is -0.494 e. The molecule has 0 unspecified atom stereocenters. The topological polar surface area (TPSA) is 96.0 Å². The molecular weight excluding hydrogens is 621 g/mol. The number of hydrogen-bond acceptors (Lipinski definition) is 5. The number of benzene rings is 3. The van der Waals surface area contributed by atoms with Crippen molar-refractivity contribution in [1.29, 1.82) is 0 Å². The zero-order chi connectivity index (χ0) is 31.0. The second kappa shape index (κ2) is 15.0. The highest BCUT2D eigenvalue weighted by Gasteiger charge is 2.32. The molecule has 1 atom stereocenters. The van der Waals surface area contributed by atoms with Crippen LogP contribution in [0.2, 0.25) is 15.1 Å². The average molecular weight is 655 g/mol. The Morgan fingerprint density at radius 1 is 0.905 bits per heavy atom. The Morgan fingerprint density at radius 2 is 1.55 bits per heavy atom. The number of hydrogen-bond donors (Lipinski definition) is 1. The summed E-state index contributed by atoms with van der Waals surface area (Å²) < 4.78 is 34.3. The molecule has 0 aromatic heterocycles. The van der Waals surface area contributed by atoms with E-state index in [1.165, 1.54) is 29.2 Å². The lowest BCUT2D eigenvalue weighted by Crippen LogP contribution is -2.51. The van der Waals surface area contributed by atoms with E-state index >= 15 is 0 Å². The highest BCUT2D eigenvalue weighted by atomic mass is 35.5. The van der Waals surface area contributed by atoms with Crippen molar-refractivity contribution in [2.24, 2.45) is 5.92 Å². The van der Waals surface area contributed by atoms with Gasteiger partial charge in [0.05, 0.1) is 27.2 Å². The van der Waals surface area contributed by atoms with Crippen LogP contribution in [0.15, 0.2) is 71.6 Å². The van der Waals surface area contributed by atoms with Crippen molar-refractivity contribution >= 4 is 62.3 Å². The third-order valence-corrected chi connectivity index (χ3v) is 9.08. The van der Waals surface area contributed by atoms with Crippen molar-refractivity contribution in [3.8, 4) is 5.75 Å². The largest absolute Gasteiger partial charge is 0.494 e. The predicted octanol–water partition coefficient (Wildman–Crippen LogP) is 6.43. The molecule has 0 aliphatic rings. The van der Waals surface area contributed by atoms with E-state index < -0.39 is 28.5 Å². The summed E-state index contributed by atoms with van der Waals surface area (Å²) >= 11 is 18.3. The molecule has 3 rings (SSSR count). The van der Waals surface area contributed by atoms with Gasteiger partial charge in [-0.2, -0.15) is 0 Å². The lowest BCUT2D eigenvalue weighted by atomic mass is 10.1. The molecule has 0 fully saturated rings. The van der Waals surface area contributed by atoms with E-state index in [0.717, 1.165) is 4.31 Å². The second-order valence-electron chi connectivity index (χ2n) is 9.98. The van der Waals surface area contributed by atoms with Crippen molar-refractivity contribution in [1.82, 2.24) is 10.2 Å². The Morgan fingerprint density at radius 3 is 2.12 bits per heavy atom. The number of ether oxygens (including phenoxy) is 1. The van der Waals surface area contributed by atoms with E-state index in [2.05, 4.69) is 5.32 Å². The van der Waals surface area contributed by atoms with E-state index in [1.807, 2.05) is 20.8 Å². The first-order valence-corrected chi connectivity index (χ1v) is 15.9. The van der Waals surface area contributed by atoms with Gasteiger partial charge in [-0.15, -0.1) is 0 Å². The maximum atomic E-state index is 14.0. The molecule has 0 aliphatic carbocycles. The van der Waals surface area contributed by atoms with Gasteiger partial charge in [0.25, 0.3) is 10.0 Å². The average Bonchev–Trinajstić information content (AvgIpc) is 2.95. The summed E-state index contributed by atoms with van der Waals surface area (Å²) in [6.45, 7) is 7.61. The molecule has 0 saturated carbocycles. The molecule has 0 saturated heterocycles. The summed E-state index contributed by atoms with van der Waals surface area (Å²) in [5.41, 5.74) is 0.864. The Bertz CT molecular complexity index is 1480. The molecule has 12 heteroatoms. The third-order valence-electron chi connectivity index (χ3n) is 6.30. The maximum absolute atomic E-state index is 14.0. The standard InChI is InChI=1S/C30H34Cl3N3O5S/c1-5-41-25-11-9-24(10-12-25)36(42(39,40)26-13-7-23(31)8-14-26)19-29(37)35(21(4)30(38)34-17-20(2)3)18-22-6-15-27(32)28(33)16-22/h6-16,20-21H,5,17-19H2,1-4H3,(H,34,38)/t21-/m0/s1. The quantitative estimate of drug-likeness (QED) is 0.229. The number of anilines is 1. The molecule has 226 valence electrons. The summed E-state index contributed by atoms with van der Waals surface area (Å²) in [5.74, 6) is -0.224. The van der Waals surface area contributed by atoms with Gasteiger partial charge in [-0.05, 0) is 86.0 Å². The van der Waals surface area contributed by atoms with Crippen molar-refractivity contribution in [2.45, 2.75) is 45.2 Å². The van der Waals surface area contributed by atoms with Crippen LogP contribution < -0.4 is 14.4 Å². The van der Waals surface area contributed by atoms with Crippen LogP contribution in [-0.2, 0) is 26.2 Å². The lowest BCUT2D eigenvalue weighted by molar-refractivity contribution is -0.139. The fourth-order valence-corrected chi connectivity index (χ4v) is 5.87. The molecule has 0 bridgehead atoms. The summed E-state index contributed by atoms with van der Waals surface area (Å²) in [7, 11) is -4.23. The van der Waals surface area contributed by atoms with Gasteiger partial charge in [0.2, 0.25) is 11.8 Å². The summed E-state index contributed by atoms with van der Waals surface area (Å²) in [6.07, 6.45) is 0. The first-order chi connectivity index (χ1) is 19.8. The van der Waals surface area contributed by atoms with Crippen molar-refractivity contribution < 1.29 is 22.7 Å². The molecule has 42 heavy (non-hydrogen) atoms. The van der Waals surface area contributed by atoms with E-state index in [1.54, 1.807) is 49.4 Å². The number of amides is 2. The normalized spacial score (nSPS) is 12.1. The van der Waals surface area contributed by atoms with Gasteiger partial charge in [-0.3, -0.25) is 13.9 Å². The molecule has 0 heterocycles. The van der Waals surface area contributed by atoms with Crippen LogP contribution >= 0.6 is 34.8 Å². The molecule has 2 amide bonds. The zero-order valence-electron chi connectivity index (χ0n) is 23.8. The number of halogens is 3. The molecule has 8 nitrogen and oxygen atoms in total. The summed E-state index contributed by atoms with van der Waals surface area (Å²) in [5, 5.41) is 3.85. The van der Waals surface area contributed by atoms with Gasteiger partial charge in [0, 0.05) is 18.1 Å². The number of rotatable bonds is 13. The van der Waals surface area contributed by atoms with Crippen LogP contribution in [0.5, 0.6) is 5.75 Å². The van der Waals surface area contributed by atoms with Crippen LogP contribution in [0.4, 0.5) is 5.69 Å². The van der Waals surface area contributed by atoms with Gasteiger partial charge < -0.3 is 15.0 Å². The van der Waals surface area contributed by atoms with Crippen LogP contribution in [-0.4, -0.2) is 50.9 Å². The summed E-state index contributed by atoms with van der Waals surface area (Å²) in [4.78, 5) is 28.4. The van der Waals surface area contributed by atoms with E-state index in [0.29, 0.717) is 39.5 Å². The van der Waals surface area contributed by atoms with Gasteiger partial charge in [0.1, 0.15) is 18.3 Å². The predicted molar refractivity (Wildman–Crippen MR) is 168 cm³/mol. The molecular formula is C30H34Cl3N3O5S. The molecule has 1 N–H and O–H groups in total. The van der Waals surface area contributed by atoms with Crippen LogP contribution in [0.3, 0.4) is 0 Å². The van der Waals surface area contributed by atoms with E-state index in [4.69, 9.17) is 39.5 Å². The third kappa shape index (κ3) is 8.77. The molecule has 0 spiro atoms. The highest BCUT2D eigenvalue weighted by Crippen LogP contribution is 2.28. The van der Waals surface area contributed by atoms with Crippen LogP contribution in [0.1, 0.15) is 33.3 Å². The second-order valence-corrected chi connectivity index (χ2v) is 13.1. The Labute approximate surface area is 262 Å². The lowest BCUT2D eigenvalue weighted by Gasteiger charge is -2.32. The highest BCUT2D eigenvalue weighted by molar-refractivity contribution is 7.92. The van der Waals surface area contributed by atoms with Crippen molar-refractivity contribution in [3.63, 3.8) is 0 Å². The SMILES string of the molecule is CCOc1ccc(N(CC(=O)N(Cc2ccc(Cl)c(Cl)c2)[C@@H](C)C(=O)NCC(C)C)S(=O)(=O)c2ccc(Cl)cc2)cc1. The number of nitrogens with one attached hydrogen (secondary N) is 1. The van der Waals surface area contributed by atoms with Crippen molar-refractivity contribution in [3.05, 3.63) is 87.4 Å². The number of carbonyl (C=O) groups excluding carboxylic acids is 2. The minimum atomic E-state index is -4.23. The fraction of sp³-hybridized carbons (Fsp3) is 0.333. The minimum absolute atomic E-state index is 0.00982. The zero-order valence-corrected chi connectivity index (χ0v) is 26.9. The van der Waals surface area contributed by atoms with E-state index in [9.17, 15) is 18.0 Å². The first-order valence-electron chi connectivity index (χ1n) is 13.4. The smallest absolute Gasteiger partial charge is 0.264 e. The monoisotopic (exact) mass is 653 g/mol. The van der Waals surface area contributed by atoms with Gasteiger partial charge in [0.15, 0.2) is 0 Å². The molecule has 0 aliphatic heterocycles. The van der Waals surface area contributed by atoms with E-state index in [-0.39, 0.29) is 29.0 Å². The Kier molecular flexibility index (Phi) is 11.9. The number of sulfonamides is 1. The molecule has 3 aromatic rings. The summed E-state index contributed by atoms with van der Waals surface area (Å²) in [6, 6.07) is 16.0. The van der Waals surface area contributed by atoms with Gasteiger partial charge >= 0.3 is 0 Å². The van der Waals surface area contributed by atoms with Gasteiger partial charge in [-0.1, -0.05) is 54.7 Å². The van der Waals surface area contributed by atoms with Gasteiger partial charge in [-0.25, -0.2) is 8.42 Å². The Balaban J connectivity index is 2.03.